The van der Waals surface area contributed by atoms with Crippen LogP contribution >= 0.6 is 46.2 Å². The third-order valence-electron chi connectivity index (χ3n) is 6.17. The zero-order valence-electron chi connectivity index (χ0n) is 24.0. The van der Waals surface area contributed by atoms with Crippen molar-refractivity contribution in [2.45, 2.75) is 29.6 Å². The van der Waals surface area contributed by atoms with E-state index in [-0.39, 0.29) is 45.2 Å². The number of nitrogens with two attached hydrogens (primary N) is 1. The first-order chi connectivity index (χ1) is 22.0. The van der Waals surface area contributed by atoms with Gasteiger partial charge in [0.25, 0.3) is 11.8 Å². The Morgan fingerprint density at radius 3 is 2.57 bits per heavy atom. The van der Waals surface area contributed by atoms with E-state index in [1.807, 2.05) is 0 Å². The fraction of sp³-hybridized carbons (Fsp3) is 0.269. The first-order valence-corrected chi connectivity index (χ1v) is 16.7. The number of hydrogen-bond donors (Lipinski definition) is 3. The number of carbonyl (C=O) groups is 5. The van der Waals surface area contributed by atoms with Gasteiger partial charge in [-0.05, 0) is 23.8 Å². The molecule has 4 N–H and O–H groups in total. The van der Waals surface area contributed by atoms with Gasteiger partial charge in [-0.2, -0.15) is 0 Å². The lowest BCUT2D eigenvalue weighted by Crippen LogP contribution is -2.71. The topological polar surface area (TPSA) is 226 Å². The normalized spacial score (nSPS) is 17.6. The summed E-state index contributed by atoms with van der Waals surface area (Å²) in [6.45, 7) is 2.44. The molecule has 0 aliphatic carbocycles. The molecule has 4 heterocycles. The number of benzene rings is 1. The molecule has 2 amide bonds. The number of aromatic nitrogens is 3. The van der Waals surface area contributed by atoms with Crippen molar-refractivity contribution < 1.29 is 43.4 Å². The second-order valence-corrected chi connectivity index (χ2v) is 13.5. The summed E-state index contributed by atoms with van der Waals surface area (Å²) in [5, 5.41) is 26.3. The van der Waals surface area contributed by atoms with E-state index < -0.39 is 41.1 Å². The minimum Gasteiger partial charge on any atom is -0.477 e. The molecule has 1 saturated heterocycles. The number of fused-ring (bicyclic) bond motifs is 1. The summed E-state index contributed by atoms with van der Waals surface area (Å²) in [6, 6.07) is 3.61. The molecule has 0 saturated carbocycles. The predicted molar refractivity (Wildman–Crippen MR) is 168 cm³/mol. The average molecular weight is 706 g/mol. The summed E-state index contributed by atoms with van der Waals surface area (Å²) in [5.41, 5.74) is 6.56. The molecule has 3 aromatic rings. The number of thioether (sulfide) groups is 2. The number of carboxylic acid groups (broad SMARTS) is 1. The van der Waals surface area contributed by atoms with Crippen molar-refractivity contribution in [3.63, 3.8) is 0 Å². The lowest BCUT2D eigenvalue weighted by atomic mass is 10.0. The minimum absolute atomic E-state index is 0.0402. The van der Waals surface area contributed by atoms with Crippen LogP contribution in [0.5, 0.6) is 11.5 Å². The number of nitrogen functional groups attached to an aromatic ring is 1. The van der Waals surface area contributed by atoms with E-state index >= 15 is 0 Å². The number of amides is 2. The van der Waals surface area contributed by atoms with Gasteiger partial charge in [-0.15, -0.1) is 33.3 Å². The molecule has 1 aromatic carbocycles. The number of β-lactam (4-membered cyclic amide) rings is 1. The van der Waals surface area contributed by atoms with Gasteiger partial charge < -0.3 is 30.5 Å². The van der Waals surface area contributed by atoms with Crippen molar-refractivity contribution in [2.24, 2.45) is 5.16 Å². The van der Waals surface area contributed by atoms with Crippen LogP contribution in [0.4, 0.5) is 5.13 Å². The number of oxime groups is 1. The molecule has 1 fully saturated rings. The Morgan fingerprint density at radius 1 is 1.17 bits per heavy atom. The van der Waals surface area contributed by atoms with Gasteiger partial charge in [0, 0.05) is 36.3 Å². The Bertz CT molecular complexity index is 1800. The van der Waals surface area contributed by atoms with Gasteiger partial charge in [0.15, 0.2) is 26.7 Å². The lowest BCUT2D eigenvalue weighted by Gasteiger charge is -2.49. The zero-order chi connectivity index (χ0) is 33.1. The van der Waals surface area contributed by atoms with Gasteiger partial charge in [-0.25, -0.2) is 9.78 Å². The molecule has 2 aliphatic rings. The van der Waals surface area contributed by atoms with Crippen LogP contribution in [-0.4, -0.2) is 90.7 Å². The number of ether oxygens (including phenoxy) is 2. The smallest absolute Gasteiger partial charge is 0.352 e. The van der Waals surface area contributed by atoms with Gasteiger partial charge in [0.05, 0.1) is 0 Å². The van der Waals surface area contributed by atoms with Crippen molar-refractivity contribution in [2.75, 3.05) is 24.3 Å². The second kappa shape index (κ2) is 13.8. The molecule has 20 heteroatoms. The predicted octanol–water partition coefficient (Wildman–Crippen LogP) is 1.98. The number of thiazole rings is 1. The molecule has 0 unspecified atom stereocenters. The monoisotopic (exact) mass is 705 g/mol. The molecular formula is C26H23N7O9S4. The second-order valence-electron chi connectivity index (χ2n) is 9.32. The maximum Gasteiger partial charge on any atom is 0.352 e. The van der Waals surface area contributed by atoms with Crippen LogP contribution in [0.15, 0.2) is 44.3 Å². The minimum atomic E-state index is -1.28. The summed E-state index contributed by atoms with van der Waals surface area (Å²) in [4.78, 5) is 71.3. The van der Waals surface area contributed by atoms with Crippen LogP contribution in [0.3, 0.4) is 0 Å². The molecule has 5 rings (SSSR count). The summed E-state index contributed by atoms with van der Waals surface area (Å²) in [5.74, 6) is -3.16. The Hall–Kier alpha value is -4.53. The number of carbonyl (C=O) groups excluding carboxylic acids is 4. The highest BCUT2D eigenvalue weighted by Gasteiger charge is 2.54. The Morgan fingerprint density at radius 2 is 1.91 bits per heavy atom. The molecule has 46 heavy (non-hydrogen) atoms. The number of hydrogen-bond acceptors (Lipinski definition) is 17. The van der Waals surface area contributed by atoms with Gasteiger partial charge in [-0.3, -0.25) is 24.1 Å². The van der Waals surface area contributed by atoms with Crippen molar-refractivity contribution in [3.8, 4) is 22.1 Å². The van der Waals surface area contributed by atoms with Crippen LogP contribution in [0.2, 0.25) is 0 Å². The Balaban J connectivity index is 1.28. The molecular weight excluding hydrogens is 683 g/mol. The molecule has 16 nitrogen and oxygen atoms in total. The van der Waals surface area contributed by atoms with E-state index in [0.29, 0.717) is 20.5 Å². The number of anilines is 1. The molecule has 0 bridgehead atoms. The highest BCUT2D eigenvalue weighted by molar-refractivity contribution is 8.01. The number of carboxylic acids is 1. The first-order valence-electron chi connectivity index (χ1n) is 13.0. The van der Waals surface area contributed by atoms with E-state index in [1.165, 1.54) is 73.3 Å². The van der Waals surface area contributed by atoms with Crippen molar-refractivity contribution in [1.29, 1.82) is 0 Å². The van der Waals surface area contributed by atoms with E-state index in [0.717, 1.165) is 16.2 Å². The van der Waals surface area contributed by atoms with Crippen molar-refractivity contribution in [1.82, 2.24) is 25.4 Å². The maximum absolute atomic E-state index is 13.1. The Kier molecular flexibility index (Phi) is 9.89. The van der Waals surface area contributed by atoms with Crippen molar-refractivity contribution >= 4 is 86.8 Å². The van der Waals surface area contributed by atoms with E-state index in [4.69, 9.17) is 20.0 Å². The van der Waals surface area contributed by atoms with Crippen molar-refractivity contribution in [3.05, 3.63) is 40.5 Å². The number of esters is 2. The average Bonchev–Trinajstić information content (AvgIpc) is 3.66. The standard InChI is InChI=1S/C26H23N7O9S4/c1-10(34)41-15-5-4-12(6-16(15)42-11(2)35)21-30-31-26(46-21)45-8-13-7-43-23-18(22(37)33(23)19(13)24(38)39)29-20(36)17(32-40-3)14-9-44-25(27)28-14/h4-6,9,18,23H,7-8H2,1-3H3,(H2,27,28)(H,29,36)(H,38,39)/b32-17-/t18-,23-/m1/s1. The largest absolute Gasteiger partial charge is 0.477 e. The third kappa shape index (κ3) is 6.98. The van der Waals surface area contributed by atoms with Crippen LogP contribution in [0, 0.1) is 0 Å². The highest BCUT2D eigenvalue weighted by Crippen LogP contribution is 2.42. The number of rotatable bonds is 11. The van der Waals surface area contributed by atoms with Gasteiger partial charge in [0.1, 0.15) is 34.9 Å². The Labute approximate surface area is 276 Å². The fourth-order valence-corrected chi connectivity index (χ4v) is 8.23. The third-order valence-corrected chi connectivity index (χ3v) is 10.4. The molecule has 0 radical (unpaired) electrons. The number of nitrogens with zero attached hydrogens (tertiary/aromatic N) is 5. The van der Waals surface area contributed by atoms with Crippen LogP contribution in [-0.2, 0) is 28.8 Å². The number of aliphatic carboxylic acids is 1. The van der Waals surface area contributed by atoms with Crippen LogP contribution in [0.1, 0.15) is 19.5 Å². The van der Waals surface area contributed by atoms with E-state index in [1.54, 1.807) is 6.07 Å². The van der Waals surface area contributed by atoms with Gasteiger partial charge in [-0.1, -0.05) is 28.3 Å². The lowest BCUT2D eigenvalue weighted by molar-refractivity contribution is -0.150. The summed E-state index contributed by atoms with van der Waals surface area (Å²) in [7, 11) is 1.26. The quantitative estimate of drug-likeness (QED) is 0.0647. The van der Waals surface area contributed by atoms with Crippen LogP contribution < -0.4 is 20.5 Å². The summed E-state index contributed by atoms with van der Waals surface area (Å²) in [6.07, 6.45) is 0. The molecule has 2 atom stereocenters. The summed E-state index contributed by atoms with van der Waals surface area (Å²) < 4.78 is 10.8. The van der Waals surface area contributed by atoms with Gasteiger partial charge in [0.2, 0.25) is 0 Å². The van der Waals surface area contributed by atoms with E-state index in [9.17, 15) is 29.1 Å². The maximum atomic E-state index is 13.1. The van der Waals surface area contributed by atoms with E-state index in [2.05, 4.69) is 25.7 Å². The summed E-state index contributed by atoms with van der Waals surface area (Å²) >= 11 is 4.87. The molecule has 2 aromatic heterocycles. The highest BCUT2D eigenvalue weighted by atomic mass is 32.2. The first kappa shape index (κ1) is 32.9. The molecule has 2 aliphatic heterocycles. The van der Waals surface area contributed by atoms with Gasteiger partial charge >= 0.3 is 17.9 Å². The number of nitrogens with one attached hydrogen (secondary N) is 1. The fourth-order valence-electron chi connectivity index (χ4n) is 4.34. The molecule has 240 valence electrons. The van der Waals surface area contributed by atoms with Crippen LogP contribution in [0.25, 0.3) is 10.6 Å². The molecule has 0 spiro atoms. The zero-order valence-corrected chi connectivity index (χ0v) is 27.3. The SMILES string of the molecule is CO/N=C(\C(=O)N[C@@H]1C(=O)N2C(C(=O)O)=C(CSc3nnc(-c4ccc(OC(C)=O)c(OC(C)=O)c4)s3)CS[C@H]12)c1csc(N)n1.